The molecule has 0 aliphatic carbocycles. The zero-order valence-electron chi connectivity index (χ0n) is 15.3. The molecule has 1 saturated heterocycles. The largest absolute Gasteiger partial charge is 0.447 e. The van der Waals surface area contributed by atoms with Gasteiger partial charge in [0.05, 0.1) is 11.6 Å². The van der Waals surface area contributed by atoms with E-state index >= 15 is 0 Å². The third kappa shape index (κ3) is 4.55. The van der Waals surface area contributed by atoms with Crippen LogP contribution >= 0.6 is 23.4 Å². The SMILES string of the molecule is O=C(Nc1ccc(Sc2ccccc2Cl)cc1)c1cccc(N2CCOC2=O)c1. The Kier molecular flexibility index (Phi) is 5.74. The van der Waals surface area contributed by atoms with Crippen LogP contribution in [0.3, 0.4) is 0 Å². The Morgan fingerprint density at radius 3 is 2.55 bits per heavy atom. The number of carbonyl (C=O) groups excluding carboxylic acids is 2. The lowest BCUT2D eigenvalue weighted by molar-refractivity contribution is 0.102. The number of benzene rings is 3. The molecule has 0 saturated carbocycles. The Bertz CT molecular complexity index is 1060. The molecule has 1 heterocycles. The molecular formula is C22H17ClN2O3S. The first-order chi connectivity index (χ1) is 14.1. The molecule has 7 heteroatoms. The molecule has 0 atom stereocenters. The van der Waals surface area contributed by atoms with Crippen LogP contribution in [0.15, 0.2) is 82.6 Å². The van der Waals surface area contributed by atoms with Gasteiger partial charge in [0.25, 0.3) is 5.91 Å². The van der Waals surface area contributed by atoms with Crippen LogP contribution in [0.2, 0.25) is 5.02 Å². The van der Waals surface area contributed by atoms with Crippen molar-refractivity contribution < 1.29 is 14.3 Å². The van der Waals surface area contributed by atoms with E-state index in [1.54, 1.807) is 36.0 Å². The standard InChI is InChI=1S/C22H17ClN2O3S/c23-19-6-1-2-7-20(19)29-18-10-8-16(9-11-18)24-21(26)15-4-3-5-17(14-15)25-12-13-28-22(25)27/h1-11,14H,12-13H2,(H,24,26). The van der Waals surface area contributed by atoms with Gasteiger partial charge in [-0.1, -0.05) is 41.6 Å². The molecule has 1 N–H and O–H groups in total. The summed E-state index contributed by atoms with van der Waals surface area (Å²) in [5, 5.41) is 3.59. The van der Waals surface area contributed by atoms with Crippen molar-refractivity contribution in [1.82, 2.24) is 0 Å². The van der Waals surface area contributed by atoms with E-state index in [-0.39, 0.29) is 5.91 Å². The van der Waals surface area contributed by atoms with E-state index in [0.29, 0.717) is 35.1 Å². The van der Waals surface area contributed by atoms with Crippen LogP contribution in [0.25, 0.3) is 0 Å². The fraction of sp³-hybridized carbons (Fsp3) is 0.0909. The van der Waals surface area contributed by atoms with E-state index in [9.17, 15) is 9.59 Å². The number of halogens is 1. The second-order valence-electron chi connectivity index (χ2n) is 6.33. The lowest BCUT2D eigenvalue weighted by Gasteiger charge is -2.14. The number of nitrogens with one attached hydrogen (secondary N) is 1. The maximum Gasteiger partial charge on any atom is 0.414 e. The van der Waals surface area contributed by atoms with Crippen LogP contribution in [-0.4, -0.2) is 25.2 Å². The van der Waals surface area contributed by atoms with E-state index in [0.717, 1.165) is 9.79 Å². The monoisotopic (exact) mass is 424 g/mol. The van der Waals surface area contributed by atoms with Gasteiger partial charge in [0.1, 0.15) is 6.61 Å². The molecule has 146 valence electrons. The minimum Gasteiger partial charge on any atom is -0.447 e. The Labute approximate surface area is 177 Å². The Morgan fingerprint density at radius 1 is 1.03 bits per heavy atom. The van der Waals surface area contributed by atoms with Crippen molar-refractivity contribution in [2.45, 2.75) is 9.79 Å². The highest BCUT2D eigenvalue weighted by atomic mass is 35.5. The molecule has 3 aromatic rings. The third-order valence-electron chi connectivity index (χ3n) is 4.36. The molecule has 29 heavy (non-hydrogen) atoms. The number of hydrogen-bond donors (Lipinski definition) is 1. The molecule has 0 unspecified atom stereocenters. The number of nitrogens with zero attached hydrogens (tertiary/aromatic N) is 1. The van der Waals surface area contributed by atoms with Crippen molar-refractivity contribution in [3.05, 3.63) is 83.4 Å². The van der Waals surface area contributed by atoms with Gasteiger partial charge in [-0.3, -0.25) is 9.69 Å². The van der Waals surface area contributed by atoms with Crippen molar-refractivity contribution in [3.63, 3.8) is 0 Å². The summed E-state index contributed by atoms with van der Waals surface area (Å²) in [5.41, 5.74) is 1.80. The maximum atomic E-state index is 12.6. The first-order valence-electron chi connectivity index (χ1n) is 8.98. The van der Waals surface area contributed by atoms with Crippen LogP contribution in [-0.2, 0) is 4.74 Å². The van der Waals surface area contributed by atoms with Gasteiger partial charge in [0.2, 0.25) is 0 Å². The fourth-order valence-electron chi connectivity index (χ4n) is 2.91. The van der Waals surface area contributed by atoms with Crippen molar-refractivity contribution in [3.8, 4) is 0 Å². The summed E-state index contributed by atoms with van der Waals surface area (Å²) in [7, 11) is 0. The first-order valence-corrected chi connectivity index (χ1v) is 10.2. The van der Waals surface area contributed by atoms with Gasteiger partial charge >= 0.3 is 6.09 Å². The van der Waals surface area contributed by atoms with Gasteiger partial charge in [-0.2, -0.15) is 0 Å². The third-order valence-corrected chi connectivity index (χ3v) is 5.88. The summed E-state index contributed by atoms with van der Waals surface area (Å²) >= 11 is 7.76. The molecule has 0 radical (unpaired) electrons. The number of cyclic esters (lactones) is 1. The highest BCUT2D eigenvalue weighted by Gasteiger charge is 2.24. The van der Waals surface area contributed by atoms with E-state index in [4.69, 9.17) is 16.3 Å². The summed E-state index contributed by atoms with van der Waals surface area (Å²) in [6.45, 7) is 0.836. The number of hydrogen-bond acceptors (Lipinski definition) is 4. The molecule has 1 fully saturated rings. The van der Waals surface area contributed by atoms with E-state index in [1.807, 2.05) is 48.5 Å². The van der Waals surface area contributed by atoms with Gasteiger partial charge in [-0.05, 0) is 54.6 Å². The number of anilines is 2. The van der Waals surface area contributed by atoms with Gasteiger partial charge in [0.15, 0.2) is 0 Å². The smallest absolute Gasteiger partial charge is 0.414 e. The molecule has 0 aromatic heterocycles. The quantitative estimate of drug-likeness (QED) is 0.570. The van der Waals surface area contributed by atoms with Crippen LogP contribution < -0.4 is 10.2 Å². The Balaban J connectivity index is 1.43. The van der Waals surface area contributed by atoms with Gasteiger partial charge < -0.3 is 10.1 Å². The van der Waals surface area contributed by atoms with Crippen molar-refractivity contribution >= 4 is 46.7 Å². The molecule has 4 rings (SSSR count). The summed E-state index contributed by atoms with van der Waals surface area (Å²) in [5.74, 6) is -0.245. The number of carbonyl (C=O) groups is 2. The summed E-state index contributed by atoms with van der Waals surface area (Å²) in [6.07, 6.45) is -0.394. The van der Waals surface area contributed by atoms with Gasteiger partial charge in [-0.25, -0.2) is 4.79 Å². The van der Waals surface area contributed by atoms with Crippen molar-refractivity contribution in [2.75, 3.05) is 23.4 Å². The van der Waals surface area contributed by atoms with Gasteiger partial charge in [0, 0.05) is 26.7 Å². The minimum absolute atomic E-state index is 0.245. The lowest BCUT2D eigenvalue weighted by Crippen LogP contribution is -2.23. The van der Waals surface area contributed by atoms with Crippen LogP contribution in [0.1, 0.15) is 10.4 Å². The van der Waals surface area contributed by atoms with Crippen LogP contribution in [0, 0.1) is 0 Å². The van der Waals surface area contributed by atoms with E-state index in [2.05, 4.69) is 5.32 Å². The fourth-order valence-corrected chi connectivity index (χ4v) is 4.00. The maximum absolute atomic E-state index is 12.6. The van der Waals surface area contributed by atoms with Crippen LogP contribution in [0.4, 0.5) is 16.2 Å². The zero-order valence-corrected chi connectivity index (χ0v) is 16.9. The number of amides is 2. The zero-order chi connectivity index (χ0) is 20.2. The first kappa shape index (κ1) is 19.4. The second-order valence-corrected chi connectivity index (χ2v) is 7.85. The second kappa shape index (κ2) is 8.59. The normalized spacial score (nSPS) is 13.3. The average molecular weight is 425 g/mol. The van der Waals surface area contributed by atoms with Crippen molar-refractivity contribution in [1.29, 1.82) is 0 Å². The summed E-state index contributed by atoms with van der Waals surface area (Å²) < 4.78 is 4.95. The van der Waals surface area contributed by atoms with E-state index < -0.39 is 6.09 Å². The van der Waals surface area contributed by atoms with Crippen LogP contribution in [0.5, 0.6) is 0 Å². The van der Waals surface area contributed by atoms with E-state index in [1.165, 1.54) is 4.90 Å². The Morgan fingerprint density at radius 2 is 1.83 bits per heavy atom. The lowest BCUT2D eigenvalue weighted by atomic mass is 10.1. The highest BCUT2D eigenvalue weighted by Crippen LogP contribution is 2.33. The Hall–Kier alpha value is -2.96. The predicted molar refractivity (Wildman–Crippen MR) is 115 cm³/mol. The topological polar surface area (TPSA) is 58.6 Å². The predicted octanol–water partition coefficient (Wildman–Crippen LogP) is 5.70. The molecule has 0 spiro atoms. The molecule has 5 nitrogen and oxygen atoms in total. The molecule has 1 aliphatic heterocycles. The molecule has 3 aromatic carbocycles. The molecule has 2 amide bonds. The average Bonchev–Trinajstić information content (AvgIpc) is 3.17. The molecule has 0 bridgehead atoms. The minimum atomic E-state index is -0.394. The van der Waals surface area contributed by atoms with Gasteiger partial charge in [-0.15, -0.1) is 0 Å². The summed E-state index contributed by atoms with van der Waals surface area (Å²) in [6, 6.07) is 22.1. The van der Waals surface area contributed by atoms with Crippen molar-refractivity contribution in [2.24, 2.45) is 0 Å². The summed E-state index contributed by atoms with van der Waals surface area (Å²) in [4.78, 5) is 27.8. The molecule has 1 aliphatic rings. The highest BCUT2D eigenvalue weighted by molar-refractivity contribution is 7.99. The number of rotatable bonds is 5. The number of ether oxygens (including phenoxy) is 1. The molecular weight excluding hydrogens is 408 g/mol.